The minimum Gasteiger partial charge on any atom is -0.445 e. The zero-order chi connectivity index (χ0) is 8.55. The van der Waals surface area contributed by atoms with Gasteiger partial charge in [0.2, 0.25) is 6.29 Å². The number of rotatable bonds is 1. The van der Waals surface area contributed by atoms with Crippen LogP contribution in [0, 0.1) is 0 Å². The van der Waals surface area contributed by atoms with Gasteiger partial charge < -0.3 is 4.74 Å². The molecule has 1 aliphatic heterocycles. The molecular formula is C9H5O3. The van der Waals surface area contributed by atoms with E-state index in [1.54, 1.807) is 30.6 Å². The minimum atomic E-state index is -0.825. The molecule has 3 heteroatoms. The fraction of sp³-hybridized carbons (Fsp3) is 0.111. The molecule has 0 N–H and O–H groups in total. The molecule has 2 rings (SSSR count). The van der Waals surface area contributed by atoms with Crippen LogP contribution in [0.1, 0.15) is 22.0 Å². The summed E-state index contributed by atoms with van der Waals surface area (Å²) in [6, 6.07) is 6.81. The lowest BCUT2D eigenvalue weighted by Gasteiger charge is -1.97. The van der Waals surface area contributed by atoms with Gasteiger partial charge in [0.05, 0.1) is 5.56 Å². The highest BCUT2D eigenvalue weighted by Crippen LogP contribution is 2.28. The lowest BCUT2D eigenvalue weighted by molar-refractivity contribution is 0.0490. The molecule has 3 nitrogen and oxygen atoms in total. The zero-order valence-corrected chi connectivity index (χ0v) is 6.11. The van der Waals surface area contributed by atoms with Gasteiger partial charge in [-0.15, -0.1) is 0 Å². The van der Waals surface area contributed by atoms with Crippen LogP contribution in [0.2, 0.25) is 0 Å². The number of hydrogen-bond donors (Lipinski definition) is 0. The summed E-state index contributed by atoms with van der Waals surface area (Å²) in [6.45, 7) is 0. The number of fused-ring (bicyclic) bond motifs is 1. The van der Waals surface area contributed by atoms with E-state index in [1.165, 1.54) is 0 Å². The van der Waals surface area contributed by atoms with Crippen LogP contribution in [0.25, 0.3) is 0 Å². The Morgan fingerprint density at radius 3 is 2.83 bits per heavy atom. The maximum atomic E-state index is 11.0. The van der Waals surface area contributed by atoms with Crippen LogP contribution in [-0.2, 0) is 9.53 Å². The summed E-state index contributed by atoms with van der Waals surface area (Å²) >= 11 is 0. The van der Waals surface area contributed by atoms with Crippen molar-refractivity contribution in [3.63, 3.8) is 0 Å². The molecule has 0 spiro atoms. The van der Waals surface area contributed by atoms with E-state index in [0.29, 0.717) is 11.1 Å². The van der Waals surface area contributed by atoms with E-state index in [9.17, 15) is 9.59 Å². The Labute approximate surface area is 69.0 Å². The smallest absolute Gasteiger partial charge is 0.339 e. The molecule has 1 aliphatic rings. The van der Waals surface area contributed by atoms with Crippen LogP contribution < -0.4 is 0 Å². The van der Waals surface area contributed by atoms with E-state index in [2.05, 4.69) is 0 Å². The summed E-state index contributed by atoms with van der Waals surface area (Å²) in [4.78, 5) is 21.3. The van der Waals surface area contributed by atoms with Crippen molar-refractivity contribution >= 4 is 12.3 Å². The van der Waals surface area contributed by atoms with Gasteiger partial charge in [-0.25, -0.2) is 4.79 Å². The second kappa shape index (κ2) is 2.44. The molecule has 0 aliphatic carbocycles. The lowest BCUT2D eigenvalue weighted by atomic mass is 10.1. The van der Waals surface area contributed by atoms with E-state index in [-0.39, 0.29) is 0 Å². The quantitative estimate of drug-likeness (QED) is 0.577. The molecule has 0 saturated carbocycles. The normalized spacial score (nSPS) is 20.0. The van der Waals surface area contributed by atoms with Gasteiger partial charge in [-0.3, -0.25) is 4.79 Å². The van der Waals surface area contributed by atoms with E-state index < -0.39 is 12.1 Å². The molecule has 0 amide bonds. The molecule has 1 radical (unpaired) electrons. The number of ether oxygens (including phenoxy) is 1. The van der Waals surface area contributed by atoms with Crippen LogP contribution >= 0.6 is 0 Å². The number of carbonyl (C=O) groups excluding carboxylic acids is 2. The second-order valence-electron chi connectivity index (χ2n) is 2.49. The van der Waals surface area contributed by atoms with Crippen LogP contribution in [-0.4, -0.2) is 12.3 Å². The molecule has 0 saturated heterocycles. The van der Waals surface area contributed by atoms with E-state index in [1.807, 2.05) is 0 Å². The molecule has 1 aromatic rings. The van der Waals surface area contributed by atoms with Crippen LogP contribution in [0.15, 0.2) is 24.3 Å². The largest absolute Gasteiger partial charge is 0.445 e. The van der Waals surface area contributed by atoms with E-state index >= 15 is 0 Å². The Morgan fingerprint density at radius 2 is 2.08 bits per heavy atom. The van der Waals surface area contributed by atoms with Crippen molar-refractivity contribution in [3.8, 4) is 0 Å². The van der Waals surface area contributed by atoms with Crippen molar-refractivity contribution in [3.05, 3.63) is 35.4 Å². The fourth-order valence-electron chi connectivity index (χ4n) is 1.23. The highest BCUT2D eigenvalue weighted by Gasteiger charge is 2.30. The fourth-order valence-corrected chi connectivity index (χ4v) is 1.23. The van der Waals surface area contributed by atoms with E-state index in [0.717, 1.165) is 0 Å². The van der Waals surface area contributed by atoms with Crippen molar-refractivity contribution in [2.24, 2.45) is 0 Å². The molecule has 12 heavy (non-hydrogen) atoms. The van der Waals surface area contributed by atoms with E-state index in [4.69, 9.17) is 4.74 Å². The highest BCUT2D eigenvalue weighted by atomic mass is 16.6. The Balaban J connectivity index is 2.57. The Kier molecular flexibility index (Phi) is 1.43. The first-order chi connectivity index (χ1) is 5.83. The third kappa shape index (κ3) is 0.830. The number of carbonyl (C=O) groups is 1. The molecule has 1 aromatic carbocycles. The lowest BCUT2D eigenvalue weighted by Crippen LogP contribution is -1.98. The molecule has 1 heterocycles. The van der Waals surface area contributed by atoms with Gasteiger partial charge in [-0.05, 0) is 6.07 Å². The van der Waals surface area contributed by atoms with Crippen molar-refractivity contribution in [1.82, 2.24) is 0 Å². The Morgan fingerprint density at radius 1 is 1.33 bits per heavy atom. The predicted octanol–water partition coefficient (Wildman–Crippen LogP) is 1.01. The molecule has 0 fully saturated rings. The topological polar surface area (TPSA) is 43.4 Å². The molecule has 0 bridgehead atoms. The molecular weight excluding hydrogens is 156 g/mol. The average Bonchev–Trinajstić information content (AvgIpc) is 2.44. The van der Waals surface area contributed by atoms with Crippen LogP contribution in [0.5, 0.6) is 0 Å². The first kappa shape index (κ1) is 7.03. The summed E-state index contributed by atoms with van der Waals surface area (Å²) in [7, 11) is 0. The summed E-state index contributed by atoms with van der Waals surface area (Å²) in [5.41, 5.74) is 1.07. The number of cyclic esters (lactones) is 1. The van der Waals surface area contributed by atoms with Gasteiger partial charge in [0.25, 0.3) is 0 Å². The number of esters is 1. The summed E-state index contributed by atoms with van der Waals surface area (Å²) in [6.07, 6.45) is 0.832. The number of benzene rings is 1. The van der Waals surface area contributed by atoms with Gasteiger partial charge in [-0.1, -0.05) is 18.2 Å². The first-order valence-electron chi connectivity index (χ1n) is 3.50. The van der Waals surface area contributed by atoms with Gasteiger partial charge in [0, 0.05) is 5.56 Å². The van der Waals surface area contributed by atoms with Crippen molar-refractivity contribution in [2.45, 2.75) is 6.10 Å². The molecule has 59 valence electrons. The molecule has 1 unspecified atom stereocenters. The maximum Gasteiger partial charge on any atom is 0.339 e. The summed E-state index contributed by atoms with van der Waals surface area (Å²) < 4.78 is 4.72. The number of hydrogen-bond acceptors (Lipinski definition) is 3. The molecule has 0 aromatic heterocycles. The van der Waals surface area contributed by atoms with Gasteiger partial charge in [0.1, 0.15) is 0 Å². The zero-order valence-electron chi connectivity index (χ0n) is 6.11. The minimum absolute atomic E-state index is 0.445. The third-order valence-corrected chi connectivity index (χ3v) is 1.80. The van der Waals surface area contributed by atoms with Gasteiger partial charge in [-0.2, -0.15) is 0 Å². The van der Waals surface area contributed by atoms with Crippen molar-refractivity contribution in [2.75, 3.05) is 0 Å². The van der Waals surface area contributed by atoms with Crippen molar-refractivity contribution in [1.29, 1.82) is 0 Å². The first-order valence-corrected chi connectivity index (χ1v) is 3.50. The third-order valence-electron chi connectivity index (χ3n) is 1.80. The highest BCUT2D eigenvalue weighted by molar-refractivity contribution is 5.96. The van der Waals surface area contributed by atoms with Crippen molar-refractivity contribution < 1.29 is 14.3 Å². The van der Waals surface area contributed by atoms with Crippen LogP contribution in [0.3, 0.4) is 0 Å². The van der Waals surface area contributed by atoms with Gasteiger partial charge >= 0.3 is 5.97 Å². The maximum absolute atomic E-state index is 11.0. The molecule has 1 atom stereocenters. The predicted molar refractivity (Wildman–Crippen MR) is 40.3 cm³/mol. The second-order valence-corrected chi connectivity index (χ2v) is 2.49. The summed E-state index contributed by atoms with van der Waals surface area (Å²) in [5, 5.41) is 0. The Bertz CT molecular complexity index is 343. The summed E-state index contributed by atoms with van der Waals surface area (Å²) in [5.74, 6) is -0.445. The van der Waals surface area contributed by atoms with Crippen LogP contribution in [0.4, 0.5) is 0 Å². The van der Waals surface area contributed by atoms with Gasteiger partial charge in [0.15, 0.2) is 6.10 Å². The standard InChI is InChI=1S/C9H5O3/c10-5-8-6-3-1-2-4-7(6)9(11)12-8/h1-4,8H. The monoisotopic (exact) mass is 161 g/mol. The average molecular weight is 161 g/mol. The Hall–Kier alpha value is -1.64. The SMILES string of the molecule is O=[C]C1OC(=O)c2ccccc21.